The lowest BCUT2D eigenvalue weighted by atomic mass is 9.79. The van der Waals surface area contributed by atoms with Crippen LogP contribution in [0.2, 0.25) is 0 Å². The molecule has 24 heavy (non-hydrogen) atoms. The van der Waals surface area contributed by atoms with Gasteiger partial charge < -0.3 is 9.84 Å². The number of esters is 1. The highest BCUT2D eigenvalue weighted by molar-refractivity contribution is 9.12. The second-order valence-corrected chi connectivity index (χ2v) is 8.35. The van der Waals surface area contributed by atoms with Crippen molar-refractivity contribution in [3.05, 3.63) is 35.9 Å². The number of ketones is 1. The average Bonchev–Trinajstić information content (AvgIpc) is 3.10. The molecule has 2 saturated carbocycles. The number of ether oxygens (including phenoxy) is 1. The molecule has 0 aliphatic heterocycles. The van der Waals surface area contributed by atoms with E-state index in [1.54, 1.807) is 30.3 Å². The molecule has 2 aliphatic rings. The summed E-state index contributed by atoms with van der Waals surface area (Å²) in [5.74, 6) is -3.57. The predicted octanol–water partition coefficient (Wildman–Crippen LogP) is 2.91. The van der Waals surface area contributed by atoms with E-state index in [0.29, 0.717) is 12.0 Å². The molecule has 0 heterocycles. The molecule has 0 amide bonds. The van der Waals surface area contributed by atoms with Crippen LogP contribution in [-0.2, 0) is 14.3 Å². The Kier molecular flexibility index (Phi) is 5.11. The Balaban J connectivity index is 1.68. The van der Waals surface area contributed by atoms with Crippen molar-refractivity contribution < 1.29 is 24.2 Å². The Bertz CT molecular complexity index is 662. The van der Waals surface area contributed by atoms with E-state index in [1.165, 1.54) is 0 Å². The van der Waals surface area contributed by atoms with Crippen LogP contribution in [0.25, 0.3) is 0 Å². The number of rotatable bonds is 5. The van der Waals surface area contributed by atoms with Crippen molar-refractivity contribution in [2.24, 2.45) is 23.7 Å². The zero-order valence-corrected chi connectivity index (χ0v) is 15.8. The maximum atomic E-state index is 12.5. The maximum absolute atomic E-state index is 12.5. The van der Waals surface area contributed by atoms with Crippen molar-refractivity contribution >= 4 is 49.6 Å². The van der Waals surface area contributed by atoms with Crippen molar-refractivity contribution in [3.8, 4) is 0 Å². The summed E-state index contributed by atoms with van der Waals surface area (Å²) < 4.78 is 5.17. The second kappa shape index (κ2) is 6.96. The number of carboxylic acid groups (broad SMARTS) is 1. The monoisotopic (exact) mass is 458 g/mol. The Morgan fingerprint density at radius 2 is 1.62 bits per heavy atom. The van der Waals surface area contributed by atoms with E-state index in [4.69, 9.17) is 4.74 Å². The van der Waals surface area contributed by atoms with Gasteiger partial charge in [-0.1, -0.05) is 62.2 Å². The van der Waals surface area contributed by atoms with E-state index in [-0.39, 0.29) is 33.9 Å². The number of carboxylic acids is 1. The van der Waals surface area contributed by atoms with E-state index < -0.39 is 23.8 Å². The van der Waals surface area contributed by atoms with Gasteiger partial charge in [0.15, 0.2) is 12.4 Å². The highest BCUT2D eigenvalue weighted by atomic mass is 79.9. The van der Waals surface area contributed by atoms with Crippen molar-refractivity contribution in [2.75, 3.05) is 6.61 Å². The summed E-state index contributed by atoms with van der Waals surface area (Å²) in [4.78, 5) is 36.2. The third-order valence-corrected chi connectivity index (χ3v) is 8.18. The average molecular weight is 460 g/mol. The van der Waals surface area contributed by atoms with Crippen LogP contribution in [0.3, 0.4) is 0 Å². The van der Waals surface area contributed by atoms with Crippen LogP contribution in [0.15, 0.2) is 30.3 Å². The molecule has 0 saturated heterocycles. The van der Waals surface area contributed by atoms with Crippen molar-refractivity contribution in [3.63, 3.8) is 0 Å². The molecule has 3 rings (SSSR count). The largest absolute Gasteiger partial charge is 0.481 e. The summed E-state index contributed by atoms with van der Waals surface area (Å²) >= 11 is 7.07. The van der Waals surface area contributed by atoms with Crippen LogP contribution in [0.1, 0.15) is 16.8 Å². The zero-order chi connectivity index (χ0) is 17.4. The van der Waals surface area contributed by atoms with Crippen LogP contribution in [0.5, 0.6) is 0 Å². The van der Waals surface area contributed by atoms with E-state index in [1.807, 2.05) is 0 Å². The van der Waals surface area contributed by atoms with Gasteiger partial charge >= 0.3 is 11.9 Å². The van der Waals surface area contributed by atoms with E-state index in [0.717, 1.165) is 0 Å². The molecule has 1 N–H and O–H groups in total. The summed E-state index contributed by atoms with van der Waals surface area (Å²) in [5, 5.41) is 9.50. The number of alkyl halides is 2. The molecule has 2 aliphatic carbocycles. The van der Waals surface area contributed by atoms with Gasteiger partial charge in [-0.15, -0.1) is 0 Å². The third-order valence-electron chi connectivity index (χ3n) is 4.97. The fraction of sp³-hybridized carbons (Fsp3) is 0.471. The molecule has 0 aromatic heterocycles. The fourth-order valence-corrected chi connectivity index (χ4v) is 5.74. The van der Waals surface area contributed by atoms with Gasteiger partial charge in [0.1, 0.15) is 0 Å². The van der Waals surface area contributed by atoms with Crippen LogP contribution < -0.4 is 0 Å². The van der Waals surface area contributed by atoms with Gasteiger partial charge in [0, 0.05) is 15.2 Å². The van der Waals surface area contributed by atoms with Gasteiger partial charge in [-0.25, -0.2) is 0 Å². The standard InChI is InChI=1S/C17H16Br2O5/c18-14-9-6-10(15(14)19)13(12(9)16(21)22)17(23)24-7-11(20)8-4-2-1-3-5-8/h1-5,9-10,12-15H,6-7H2,(H,21,22)/t9-,10-,12+,13-,14+,15+/m1/s1. The Morgan fingerprint density at radius 1 is 1.04 bits per heavy atom. The topological polar surface area (TPSA) is 80.7 Å². The summed E-state index contributed by atoms with van der Waals surface area (Å²) in [7, 11) is 0. The fourth-order valence-electron chi connectivity index (χ4n) is 3.87. The van der Waals surface area contributed by atoms with Crippen LogP contribution >= 0.6 is 31.9 Å². The van der Waals surface area contributed by atoms with Crippen LogP contribution in [-0.4, -0.2) is 39.1 Å². The van der Waals surface area contributed by atoms with Gasteiger partial charge in [0.05, 0.1) is 11.8 Å². The number of Topliss-reactive ketones (excluding diaryl/α,β-unsaturated/α-hetero) is 1. The lowest BCUT2D eigenvalue weighted by molar-refractivity contribution is -0.159. The number of halogens is 2. The number of carbonyl (C=O) groups excluding carboxylic acids is 2. The number of benzene rings is 1. The van der Waals surface area contributed by atoms with Gasteiger partial charge in [0.25, 0.3) is 0 Å². The normalized spacial score (nSPS) is 34.1. The Morgan fingerprint density at radius 3 is 2.21 bits per heavy atom. The Hall–Kier alpha value is -1.21. The van der Waals surface area contributed by atoms with Crippen LogP contribution in [0.4, 0.5) is 0 Å². The number of hydrogen-bond donors (Lipinski definition) is 1. The lowest BCUT2D eigenvalue weighted by Gasteiger charge is -2.32. The SMILES string of the molecule is O=C(COC(=O)[C@@H]1[C@H]2C[C@@H]([C@H](Br)[C@H]2Br)[C@@H]1C(=O)O)c1ccccc1. The summed E-state index contributed by atoms with van der Waals surface area (Å²) in [6.07, 6.45) is 0.662. The van der Waals surface area contributed by atoms with E-state index >= 15 is 0 Å². The predicted molar refractivity (Wildman–Crippen MR) is 93.4 cm³/mol. The highest BCUT2D eigenvalue weighted by Crippen LogP contribution is 2.57. The number of hydrogen-bond acceptors (Lipinski definition) is 4. The molecule has 2 bridgehead atoms. The molecule has 7 heteroatoms. The van der Waals surface area contributed by atoms with Crippen LogP contribution in [0, 0.1) is 23.7 Å². The van der Waals surface area contributed by atoms with Gasteiger partial charge in [-0.2, -0.15) is 0 Å². The van der Waals surface area contributed by atoms with Crippen molar-refractivity contribution in [2.45, 2.75) is 16.1 Å². The van der Waals surface area contributed by atoms with E-state index in [9.17, 15) is 19.5 Å². The molecule has 2 fully saturated rings. The molecule has 0 spiro atoms. The number of aliphatic carboxylic acids is 1. The molecular weight excluding hydrogens is 444 g/mol. The first-order valence-corrected chi connectivity index (χ1v) is 9.50. The number of carbonyl (C=O) groups is 3. The molecule has 5 nitrogen and oxygen atoms in total. The van der Waals surface area contributed by atoms with Gasteiger partial charge in [-0.05, 0) is 18.3 Å². The third kappa shape index (κ3) is 3.04. The van der Waals surface area contributed by atoms with Crippen molar-refractivity contribution in [1.82, 2.24) is 0 Å². The molecular formula is C17H16Br2O5. The van der Waals surface area contributed by atoms with Crippen molar-refractivity contribution in [1.29, 1.82) is 0 Å². The zero-order valence-electron chi connectivity index (χ0n) is 12.6. The molecule has 0 unspecified atom stereocenters. The summed E-state index contributed by atoms with van der Waals surface area (Å²) in [6, 6.07) is 8.56. The maximum Gasteiger partial charge on any atom is 0.310 e. The van der Waals surface area contributed by atoms with Gasteiger partial charge in [-0.3, -0.25) is 14.4 Å². The number of fused-ring (bicyclic) bond motifs is 2. The summed E-state index contributed by atoms with van der Waals surface area (Å²) in [6.45, 7) is -0.367. The second-order valence-electron chi connectivity index (χ2n) is 6.24. The highest BCUT2D eigenvalue weighted by Gasteiger charge is 2.62. The molecule has 1 aromatic rings. The minimum absolute atomic E-state index is 0.0265. The molecule has 1 aromatic carbocycles. The first-order chi connectivity index (χ1) is 11.4. The lowest BCUT2D eigenvalue weighted by Crippen LogP contribution is -2.44. The smallest absolute Gasteiger partial charge is 0.310 e. The minimum Gasteiger partial charge on any atom is -0.481 e. The summed E-state index contributed by atoms with van der Waals surface area (Å²) in [5.41, 5.74) is 0.465. The van der Waals surface area contributed by atoms with E-state index in [2.05, 4.69) is 31.9 Å². The minimum atomic E-state index is -0.984. The Labute approximate surface area is 156 Å². The molecule has 128 valence electrons. The van der Waals surface area contributed by atoms with Gasteiger partial charge in [0.2, 0.25) is 0 Å². The quantitative estimate of drug-likeness (QED) is 0.416. The molecule has 6 atom stereocenters. The first kappa shape index (κ1) is 17.6. The first-order valence-electron chi connectivity index (χ1n) is 7.67. The molecule has 0 radical (unpaired) electrons.